The first-order valence-corrected chi connectivity index (χ1v) is 6.10. The summed E-state index contributed by atoms with van der Waals surface area (Å²) >= 11 is 0. The molecule has 0 radical (unpaired) electrons. The van der Waals surface area contributed by atoms with Gasteiger partial charge in [0.1, 0.15) is 5.75 Å². The van der Waals surface area contributed by atoms with Crippen LogP contribution in [0, 0.1) is 0 Å². The monoisotopic (exact) mass is 219 g/mol. The van der Waals surface area contributed by atoms with Gasteiger partial charge in [-0.1, -0.05) is 19.9 Å². The Balaban J connectivity index is 2.41. The maximum atomic E-state index is 5.57. The van der Waals surface area contributed by atoms with Crippen LogP contribution in [0.25, 0.3) is 0 Å². The molecule has 0 aliphatic carbocycles. The van der Waals surface area contributed by atoms with Crippen molar-refractivity contribution in [2.75, 3.05) is 24.6 Å². The highest BCUT2D eigenvalue weighted by molar-refractivity contribution is 5.64. The number of rotatable bonds is 3. The summed E-state index contributed by atoms with van der Waals surface area (Å²) in [7, 11) is 0. The molecule has 16 heavy (non-hydrogen) atoms. The molecule has 2 heteroatoms. The van der Waals surface area contributed by atoms with E-state index in [1.54, 1.807) is 0 Å². The van der Waals surface area contributed by atoms with Gasteiger partial charge in [-0.05, 0) is 25.5 Å². The lowest BCUT2D eigenvalue weighted by Crippen LogP contribution is -2.28. The first kappa shape index (κ1) is 11.3. The fraction of sp³-hybridized carbons (Fsp3) is 0.571. The molecule has 2 rings (SSSR count). The highest BCUT2D eigenvalue weighted by Gasteiger charge is 2.34. The first-order valence-electron chi connectivity index (χ1n) is 6.10. The molecule has 0 aromatic heterocycles. The Hall–Kier alpha value is -1.18. The van der Waals surface area contributed by atoms with E-state index in [0.29, 0.717) is 0 Å². The average Bonchev–Trinajstić information content (AvgIpc) is 2.51. The molecule has 1 heterocycles. The van der Waals surface area contributed by atoms with Gasteiger partial charge in [-0.2, -0.15) is 0 Å². The Morgan fingerprint density at radius 3 is 2.69 bits per heavy atom. The van der Waals surface area contributed by atoms with Gasteiger partial charge >= 0.3 is 0 Å². The van der Waals surface area contributed by atoms with Gasteiger partial charge in [0.05, 0.1) is 6.61 Å². The van der Waals surface area contributed by atoms with Gasteiger partial charge in [-0.25, -0.2) is 0 Å². The third-order valence-corrected chi connectivity index (χ3v) is 3.32. The topological polar surface area (TPSA) is 12.5 Å². The SMILES string of the molecule is CCOc1ccc2c(c1)N(CC)CC2(C)C. The predicted molar refractivity (Wildman–Crippen MR) is 68.5 cm³/mol. The first-order chi connectivity index (χ1) is 7.58. The molecule has 0 unspecified atom stereocenters. The number of ether oxygens (including phenoxy) is 1. The van der Waals surface area contributed by atoms with Crippen molar-refractivity contribution >= 4 is 5.69 Å². The summed E-state index contributed by atoms with van der Waals surface area (Å²) in [5, 5.41) is 0. The van der Waals surface area contributed by atoms with Crippen LogP contribution in [0.2, 0.25) is 0 Å². The van der Waals surface area contributed by atoms with Crippen LogP contribution >= 0.6 is 0 Å². The molecule has 0 fully saturated rings. The second-order valence-electron chi connectivity index (χ2n) is 5.01. The lowest BCUT2D eigenvalue weighted by molar-refractivity contribution is 0.340. The summed E-state index contributed by atoms with van der Waals surface area (Å²) in [6, 6.07) is 6.48. The van der Waals surface area contributed by atoms with Crippen molar-refractivity contribution in [1.29, 1.82) is 0 Å². The Kier molecular flexibility index (Phi) is 2.83. The smallest absolute Gasteiger partial charge is 0.121 e. The molecule has 1 aromatic rings. The van der Waals surface area contributed by atoms with Gasteiger partial charge in [-0.3, -0.25) is 0 Å². The van der Waals surface area contributed by atoms with Gasteiger partial charge in [0.15, 0.2) is 0 Å². The molecule has 0 atom stereocenters. The zero-order chi connectivity index (χ0) is 11.8. The Labute approximate surface area is 98.2 Å². The molecular formula is C14H21NO. The molecule has 2 nitrogen and oxygen atoms in total. The lowest BCUT2D eigenvalue weighted by Gasteiger charge is -2.20. The van der Waals surface area contributed by atoms with Crippen LogP contribution in [0.3, 0.4) is 0 Å². The number of hydrogen-bond acceptors (Lipinski definition) is 2. The molecular weight excluding hydrogens is 198 g/mol. The average molecular weight is 219 g/mol. The minimum absolute atomic E-state index is 0.260. The van der Waals surface area contributed by atoms with E-state index in [-0.39, 0.29) is 5.41 Å². The fourth-order valence-corrected chi connectivity index (χ4v) is 2.53. The van der Waals surface area contributed by atoms with E-state index < -0.39 is 0 Å². The quantitative estimate of drug-likeness (QED) is 0.774. The van der Waals surface area contributed by atoms with E-state index in [1.807, 2.05) is 6.92 Å². The second-order valence-corrected chi connectivity index (χ2v) is 5.01. The van der Waals surface area contributed by atoms with Gasteiger partial charge < -0.3 is 9.64 Å². The molecule has 0 saturated carbocycles. The zero-order valence-electron chi connectivity index (χ0n) is 10.7. The van der Waals surface area contributed by atoms with Gasteiger partial charge in [0.25, 0.3) is 0 Å². The molecule has 0 spiro atoms. The number of benzene rings is 1. The summed E-state index contributed by atoms with van der Waals surface area (Å²) in [6.07, 6.45) is 0. The van der Waals surface area contributed by atoms with Crippen molar-refractivity contribution < 1.29 is 4.74 Å². The molecule has 0 amide bonds. The van der Waals surface area contributed by atoms with Crippen LogP contribution in [0.15, 0.2) is 18.2 Å². The maximum absolute atomic E-state index is 5.57. The summed E-state index contributed by atoms with van der Waals surface area (Å²) in [4.78, 5) is 2.43. The van der Waals surface area contributed by atoms with Crippen molar-refractivity contribution in [1.82, 2.24) is 0 Å². The lowest BCUT2D eigenvalue weighted by atomic mass is 9.87. The zero-order valence-corrected chi connectivity index (χ0v) is 10.7. The second kappa shape index (κ2) is 4.00. The number of hydrogen-bond donors (Lipinski definition) is 0. The molecule has 0 N–H and O–H groups in total. The minimum atomic E-state index is 0.260. The Morgan fingerprint density at radius 1 is 1.31 bits per heavy atom. The summed E-state index contributed by atoms with van der Waals surface area (Å²) in [6.45, 7) is 11.7. The molecule has 1 aromatic carbocycles. The Morgan fingerprint density at radius 2 is 2.06 bits per heavy atom. The van der Waals surface area contributed by atoms with Crippen LogP contribution < -0.4 is 9.64 Å². The van der Waals surface area contributed by atoms with Gasteiger partial charge in [0, 0.05) is 30.3 Å². The number of likely N-dealkylation sites (N-methyl/N-ethyl adjacent to an activating group) is 1. The van der Waals surface area contributed by atoms with Crippen molar-refractivity contribution in [3.05, 3.63) is 23.8 Å². The van der Waals surface area contributed by atoms with Crippen LogP contribution in [0.5, 0.6) is 5.75 Å². The number of anilines is 1. The van der Waals surface area contributed by atoms with Gasteiger partial charge in [0.2, 0.25) is 0 Å². The van der Waals surface area contributed by atoms with Gasteiger partial charge in [-0.15, -0.1) is 0 Å². The molecule has 0 saturated heterocycles. The van der Waals surface area contributed by atoms with Crippen LogP contribution in [0.4, 0.5) is 5.69 Å². The van der Waals surface area contributed by atoms with Crippen molar-refractivity contribution in [3.63, 3.8) is 0 Å². The van der Waals surface area contributed by atoms with Crippen molar-refractivity contribution in [2.24, 2.45) is 0 Å². The van der Waals surface area contributed by atoms with E-state index in [0.717, 1.165) is 25.4 Å². The normalized spacial score (nSPS) is 17.4. The largest absolute Gasteiger partial charge is 0.494 e. The number of fused-ring (bicyclic) bond motifs is 1. The summed E-state index contributed by atoms with van der Waals surface area (Å²) < 4.78 is 5.57. The highest BCUT2D eigenvalue weighted by Crippen LogP contribution is 2.41. The maximum Gasteiger partial charge on any atom is 0.121 e. The number of nitrogens with zero attached hydrogens (tertiary/aromatic N) is 1. The Bertz CT molecular complexity index is 384. The summed E-state index contributed by atoms with van der Waals surface area (Å²) in [5.41, 5.74) is 3.05. The predicted octanol–water partition coefficient (Wildman–Crippen LogP) is 3.20. The molecule has 1 aliphatic heterocycles. The van der Waals surface area contributed by atoms with Crippen molar-refractivity contribution in [2.45, 2.75) is 33.1 Å². The van der Waals surface area contributed by atoms with Crippen molar-refractivity contribution in [3.8, 4) is 5.75 Å². The molecule has 0 bridgehead atoms. The molecule has 1 aliphatic rings. The van der Waals surface area contributed by atoms with E-state index in [4.69, 9.17) is 4.74 Å². The fourth-order valence-electron chi connectivity index (χ4n) is 2.53. The summed E-state index contributed by atoms with van der Waals surface area (Å²) in [5.74, 6) is 0.984. The molecule has 88 valence electrons. The van der Waals surface area contributed by atoms with E-state index in [1.165, 1.54) is 11.3 Å². The van der Waals surface area contributed by atoms with E-state index in [9.17, 15) is 0 Å². The van der Waals surface area contributed by atoms with Crippen LogP contribution in [-0.4, -0.2) is 19.7 Å². The van der Waals surface area contributed by atoms with E-state index >= 15 is 0 Å². The van der Waals surface area contributed by atoms with Crippen LogP contribution in [0.1, 0.15) is 33.3 Å². The highest BCUT2D eigenvalue weighted by atomic mass is 16.5. The van der Waals surface area contributed by atoms with E-state index in [2.05, 4.69) is 43.9 Å². The van der Waals surface area contributed by atoms with Crippen LogP contribution in [-0.2, 0) is 5.41 Å². The third-order valence-electron chi connectivity index (χ3n) is 3.32. The minimum Gasteiger partial charge on any atom is -0.494 e. The third kappa shape index (κ3) is 1.77. The standard InChI is InChI=1S/C14H21NO/c1-5-15-10-14(3,4)12-8-7-11(16-6-2)9-13(12)15/h7-9H,5-6,10H2,1-4H3.